The number of carbonyl (C=O) groups is 2. The second-order valence-electron chi connectivity index (χ2n) is 5.64. The zero-order valence-corrected chi connectivity index (χ0v) is 16.0. The standard InChI is InChI=1S/C18H21N3O4S/c1-5-12-8-6-7-10(2)15(12)20-13(22)9-26-16-14(17(23)25-4)11(3)19-18(24)21-16/h6-8H,5,9H2,1-4H3,(H,20,22)(H,19,21,24). The van der Waals surface area contributed by atoms with E-state index in [1.807, 2.05) is 32.0 Å². The van der Waals surface area contributed by atoms with Crippen LogP contribution in [0, 0.1) is 13.8 Å². The maximum absolute atomic E-state index is 12.4. The van der Waals surface area contributed by atoms with Gasteiger partial charge < -0.3 is 15.0 Å². The zero-order valence-electron chi connectivity index (χ0n) is 15.1. The third kappa shape index (κ3) is 4.51. The average molecular weight is 375 g/mol. The predicted molar refractivity (Wildman–Crippen MR) is 101 cm³/mol. The fraction of sp³-hybridized carbons (Fsp3) is 0.333. The van der Waals surface area contributed by atoms with Gasteiger partial charge in [-0.1, -0.05) is 36.9 Å². The number of anilines is 1. The molecule has 0 aliphatic rings. The highest BCUT2D eigenvalue weighted by molar-refractivity contribution is 8.00. The topological polar surface area (TPSA) is 101 Å². The molecule has 138 valence electrons. The number of rotatable bonds is 6. The van der Waals surface area contributed by atoms with E-state index in [-0.39, 0.29) is 22.2 Å². The lowest BCUT2D eigenvalue weighted by Gasteiger charge is -2.13. The number of benzene rings is 1. The van der Waals surface area contributed by atoms with Crippen molar-refractivity contribution in [3.63, 3.8) is 0 Å². The lowest BCUT2D eigenvalue weighted by atomic mass is 10.1. The number of aryl methyl sites for hydroxylation is 3. The van der Waals surface area contributed by atoms with Gasteiger partial charge in [-0.2, -0.15) is 4.98 Å². The number of hydrogen-bond donors (Lipinski definition) is 2. The fourth-order valence-electron chi connectivity index (χ4n) is 2.52. The number of aromatic nitrogens is 2. The Bertz CT molecular complexity index is 892. The summed E-state index contributed by atoms with van der Waals surface area (Å²) in [6.07, 6.45) is 0.797. The quantitative estimate of drug-likeness (QED) is 0.457. The van der Waals surface area contributed by atoms with Crippen LogP contribution < -0.4 is 11.0 Å². The fourth-order valence-corrected chi connectivity index (χ4v) is 3.39. The van der Waals surface area contributed by atoms with Crippen molar-refractivity contribution in [2.75, 3.05) is 18.2 Å². The predicted octanol–water partition coefficient (Wildman–Crippen LogP) is 2.47. The molecule has 1 aromatic heterocycles. The van der Waals surface area contributed by atoms with Crippen LogP contribution in [0.25, 0.3) is 0 Å². The van der Waals surface area contributed by atoms with Gasteiger partial charge >= 0.3 is 11.7 Å². The zero-order chi connectivity index (χ0) is 19.3. The number of aromatic amines is 1. The summed E-state index contributed by atoms with van der Waals surface area (Å²) in [4.78, 5) is 42.2. The van der Waals surface area contributed by atoms with Crippen LogP contribution in [0.2, 0.25) is 0 Å². The van der Waals surface area contributed by atoms with Gasteiger partial charge in [0.1, 0.15) is 10.6 Å². The molecule has 26 heavy (non-hydrogen) atoms. The average Bonchev–Trinajstić information content (AvgIpc) is 2.60. The van der Waals surface area contributed by atoms with E-state index in [0.717, 1.165) is 35.0 Å². The van der Waals surface area contributed by atoms with Crippen molar-refractivity contribution < 1.29 is 14.3 Å². The summed E-state index contributed by atoms with van der Waals surface area (Å²) in [6, 6.07) is 5.84. The molecule has 0 atom stereocenters. The largest absolute Gasteiger partial charge is 0.465 e. The van der Waals surface area contributed by atoms with Crippen molar-refractivity contribution in [1.29, 1.82) is 0 Å². The number of thioether (sulfide) groups is 1. The maximum atomic E-state index is 12.4. The smallest absolute Gasteiger partial charge is 0.346 e. The Morgan fingerprint density at radius 1 is 1.31 bits per heavy atom. The van der Waals surface area contributed by atoms with Crippen molar-refractivity contribution >= 4 is 29.3 Å². The third-order valence-electron chi connectivity index (χ3n) is 3.82. The van der Waals surface area contributed by atoms with Crippen LogP contribution in [0.1, 0.15) is 34.1 Å². The van der Waals surface area contributed by atoms with Gasteiger partial charge in [0.2, 0.25) is 5.91 Å². The number of para-hydroxylation sites is 1. The van der Waals surface area contributed by atoms with Gasteiger partial charge in [0.15, 0.2) is 0 Å². The molecule has 2 N–H and O–H groups in total. The number of ether oxygens (including phenoxy) is 1. The van der Waals surface area contributed by atoms with Gasteiger partial charge in [0.25, 0.3) is 0 Å². The molecule has 0 radical (unpaired) electrons. The summed E-state index contributed by atoms with van der Waals surface area (Å²) < 4.78 is 4.73. The Morgan fingerprint density at radius 3 is 2.69 bits per heavy atom. The first-order chi connectivity index (χ1) is 12.4. The Hall–Kier alpha value is -2.61. The summed E-state index contributed by atoms with van der Waals surface area (Å²) in [7, 11) is 1.25. The summed E-state index contributed by atoms with van der Waals surface area (Å²) in [5.74, 6) is -0.840. The molecule has 0 saturated carbocycles. The second-order valence-corrected chi connectivity index (χ2v) is 6.60. The van der Waals surface area contributed by atoms with Crippen molar-refractivity contribution in [2.45, 2.75) is 32.2 Å². The van der Waals surface area contributed by atoms with Gasteiger partial charge in [-0.05, 0) is 31.4 Å². The molecular formula is C18H21N3O4S. The molecule has 0 bridgehead atoms. The van der Waals surface area contributed by atoms with E-state index in [1.54, 1.807) is 6.92 Å². The monoisotopic (exact) mass is 375 g/mol. The number of hydrogen-bond acceptors (Lipinski definition) is 6. The molecule has 0 spiro atoms. The van der Waals surface area contributed by atoms with Crippen LogP contribution in [-0.4, -0.2) is 34.7 Å². The third-order valence-corrected chi connectivity index (χ3v) is 4.80. The Labute approximate surface area is 155 Å². The maximum Gasteiger partial charge on any atom is 0.346 e. The summed E-state index contributed by atoms with van der Waals surface area (Å²) >= 11 is 1.02. The molecule has 0 fully saturated rings. The highest BCUT2D eigenvalue weighted by Crippen LogP contribution is 2.24. The molecule has 1 amide bonds. The second kappa shape index (κ2) is 8.66. The number of nitrogens with zero attached hydrogens (tertiary/aromatic N) is 1. The summed E-state index contributed by atoms with van der Waals surface area (Å²) in [6.45, 7) is 5.53. The molecule has 0 aliphatic carbocycles. The van der Waals surface area contributed by atoms with Crippen molar-refractivity contribution in [3.8, 4) is 0 Å². The Kier molecular flexibility index (Phi) is 6.57. The van der Waals surface area contributed by atoms with E-state index in [2.05, 4.69) is 15.3 Å². The van der Waals surface area contributed by atoms with Crippen molar-refractivity contribution in [1.82, 2.24) is 9.97 Å². The molecule has 1 heterocycles. The highest BCUT2D eigenvalue weighted by atomic mass is 32.2. The van der Waals surface area contributed by atoms with Gasteiger partial charge in [0.05, 0.1) is 12.9 Å². The first kappa shape index (κ1) is 19.7. The molecular weight excluding hydrogens is 354 g/mol. The Balaban J connectivity index is 2.18. The normalized spacial score (nSPS) is 10.5. The van der Waals surface area contributed by atoms with Crippen LogP contribution in [0.3, 0.4) is 0 Å². The van der Waals surface area contributed by atoms with E-state index in [0.29, 0.717) is 5.69 Å². The van der Waals surface area contributed by atoms with Crippen LogP contribution in [0.15, 0.2) is 28.0 Å². The number of nitrogens with one attached hydrogen (secondary N) is 2. The molecule has 7 nitrogen and oxygen atoms in total. The van der Waals surface area contributed by atoms with E-state index in [1.165, 1.54) is 7.11 Å². The minimum Gasteiger partial charge on any atom is -0.465 e. The minimum absolute atomic E-state index is 0.0113. The number of esters is 1. The molecule has 0 saturated heterocycles. The van der Waals surface area contributed by atoms with Crippen LogP contribution in [0.4, 0.5) is 5.69 Å². The number of H-pyrrole nitrogens is 1. The van der Waals surface area contributed by atoms with E-state index in [9.17, 15) is 14.4 Å². The SMILES string of the molecule is CCc1cccc(C)c1NC(=O)CSc1nc(=O)[nH]c(C)c1C(=O)OC. The van der Waals surface area contributed by atoms with Crippen LogP contribution in [-0.2, 0) is 16.0 Å². The molecule has 2 rings (SSSR count). The van der Waals surface area contributed by atoms with Gasteiger partial charge in [-0.15, -0.1) is 0 Å². The minimum atomic E-state index is -0.610. The van der Waals surface area contributed by atoms with E-state index < -0.39 is 11.7 Å². The summed E-state index contributed by atoms with van der Waals surface area (Å²) in [5.41, 5.74) is 2.75. The molecule has 0 aliphatic heterocycles. The lowest BCUT2D eigenvalue weighted by molar-refractivity contribution is -0.113. The first-order valence-corrected chi connectivity index (χ1v) is 9.06. The number of methoxy groups -OCH3 is 1. The van der Waals surface area contributed by atoms with E-state index >= 15 is 0 Å². The number of carbonyl (C=O) groups excluding carboxylic acids is 2. The van der Waals surface area contributed by atoms with Gasteiger partial charge in [-0.25, -0.2) is 9.59 Å². The van der Waals surface area contributed by atoms with Gasteiger partial charge in [-0.3, -0.25) is 4.79 Å². The lowest BCUT2D eigenvalue weighted by Crippen LogP contribution is -2.21. The summed E-state index contributed by atoms with van der Waals surface area (Å²) in [5, 5.41) is 3.08. The molecule has 8 heteroatoms. The molecule has 1 aromatic carbocycles. The van der Waals surface area contributed by atoms with Crippen LogP contribution >= 0.6 is 11.8 Å². The van der Waals surface area contributed by atoms with Crippen molar-refractivity contribution in [3.05, 3.63) is 51.1 Å². The van der Waals surface area contributed by atoms with Gasteiger partial charge in [0, 0.05) is 11.4 Å². The Morgan fingerprint density at radius 2 is 2.04 bits per heavy atom. The van der Waals surface area contributed by atoms with Crippen molar-refractivity contribution in [2.24, 2.45) is 0 Å². The van der Waals surface area contributed by atoms with E-state index in [4.69, 9.17) is 4.74 Å². The first-order valence-electron chi connectivity index (χ1n) is 8.07. The molecule has 0 unspecified atom stereocenters. The molecule has 2 aromatic rings. The highest BCUT2D eigenvalue weighted by Gasteiger charge is 2.19. The van der Waals surface area contributed by atoms with Crippen LogP contribution in [0.5, 0.6) is 0 Å². The number of amides is 1.